The lowest BCUT2D eigenvalue weighted by atomic mass is 10.0. The summed E-state index contributed by atoms with van der Waals surface area (Å²) >= 11 is 0. The van der Waals surface area contributed by atoms with Crippen LogP contribution in [0.25, 0.3) is 0 Å². The van der Waals surface area contributed by atoms with Crippen molar-refractivity contribution in [1.82, 2.24) is 42.5 Å². The number of nitrogens with two attached hydrogens (primary N) is 1. The van der Waals surface area contributed by atoms with E-state index < -0.39 is 135 Å². The summed E-state index contributed by atoms with van der Waals surface area (Å²) in [7, 11) is 0. The van der Waals surface area contributed by atoms with Gasteiger partial charge in [0.25, 0.3) is 0 Å². The number of carboxylic acid groups (broad SMARTS) is 2. The average Bonchev–Trinajstić information content (AvgIpc) is 3.14. The number of carbonyl (C=O) groups excluding carboxylic acids is 8. The number of carboxylic acids is 2. The third kappa shape index (κ3) is 19.5. The first kappa shape index (κ1) is 49.7. The standard InChI is InChI=1S/C35H53N9O14/c1-17(2)9-21(36)31(53)42-22(11-29(51)52)32(54)44-30(18(3)4)34(56)40-14-27(49)38-12-25(47)37-13-26(48)39-15-28(50)41-24(16-45)33(55)43-23(35(57)58)10-19-5-7-20(46)8-6-19/h5-8,17-18,21-24,30,45-46H,9-16,36H2,1-4H3,(H,37,47)(H,38,49)(H,39,48)(H,40,56)(H,41,50)(H,42,53)(H,43,55)(H,44,54)(H,51,52)(H,57,58)/t21-,22-,23-,24-,30-/m0/s1. The Balaban J connectivity index is 2.53. The molecule has 8 amide bonds. The van der Waals surface area contributed by atoms with Gasteiger partial charge in [-0.3, -0.25) is 43.2 Å². The first-order valence-corrected chi connectivity index (χ1v) is 18.0. The van der Waals surface area contributed by atoms with E-state index in [1.165, 1.54) is 24.3 Å². The van der Waals surface area contributed by atoms with E-state index in [4.69, 9.17) is 5.73 Å². The van der Waals surface area contributed by atoms with E-state index in [2.05, 4.69) is 42.5 Å². The molecule has 0 spiro atoms. The predicted molar refractivity (Wildman–Crippen MR) is 201 cm³/mol. The molecular weight excluding hydrogens is 770 g/mol. The lowest BCUT2D eigenvalue weighted by Gasteiger charge is -2.25. The van der Waals surface area contributed by atoms with Gasteiger partial charge in [-0.1, -0.05) is 39.8 Å². The number of aliphatic hydroxyl groups excluding tert-OH is 1. The number of phenolic OH excluding ortho intramolecular Hbond substituents is 1. The maximum absolute atomic E-state index is 12.9. The van der Waals surface area contributed by atoms with E-state index in [0.717, 1.165) is 0 Å². The van der Waals surface area contributed by atoms with Gasteiger partial charge < -0.3 is 68.7 Å². The number of hydrogen-bond acceptors (Lipinski definition) is 13. The highest BCUT2D eigenvalue weighted by atomic mass is 16.4. The van der Waals surface area contributed by atoms with Crippen molar-refractivity contribution in [3.8, 4) is 5.75 Å². The van der Waals surface area contributed by atoms with E-state index in [1.54, 1.807) is 13.8 Å². The number of aliphatic carboxylic acids is 2. The molecule has 23 heteroatoms. The highest BCUT2D eigenvalue weighted by Gasteiger charge is 2.32. The smallest absolute Gasteiger partial charge is 0.326 e. The molecule has 1 aromatic rings. The van der Waals surface area contributed by atoms with E-state index in [9.17, 15) is 68.4 Å². The number of rotatable bonds is 25. The SMILES string of the molecule is CC(C)C[C@H](N)C(=O)N[C@@H](CC(=O)O)C(=O)N[C@H](C(=O)NCC(=O)NCC(=O)NCC(=O)NCC(=O)N[C@@H](CO)C(=O)N[C@@H](Cc1ccc(O)cc1)C(=O)O)C(C)C. The van der Waals surface area contributed by atoms with Crippen LogP contribution in [-0.4, -0.2) is 143 Å². The van der Waals surface area contributed by atoms with Crippen LogP contribution in [0.3, 0.4) is 0 Å². The number of nitrogens with one attached hydrogen (secondary N) is 8. The number of phenols is 1. The molecule has 58 heavy (non-hydrogen) atoms. The van der Waals surface area contributed by atoms with Crippen LogP contribution in [0.2, 0.25) is 0 Å². The number of aromatic hydroxyl groups is 1. The number of aliphatic hydroxyl groups is 1. The van der Waals surface area contributed by atoms with Crippen molar-refractivity contribution < 1.29 is 68.4 Å². The molecule has 0 heterocycles. The number of carbonyl (C=O) groups is 10. The zero-order valence-corrected chi connectivity index (χ0v) is 32.5. The van der Waals surface area contributed by atoms with Gasteiger partial charge in [-0.2, -0.15) is 0 Å². The summed E-state index contributed by atoms with van der Waals surface area (Å²) in [5.41, 5.74) is 6.30. The third-order valence-electron chi connectivity index (χ3n) is 7.91. The fourth-order valence-corrected chi connectivity index (χ4v) is 4.85. The van der Waals surface area contributed by atoms with Gasteiger partial charge in [-0.15, -0.1) is 0 Å². The Morgan fingerprint density at radius 2 is 1.09 bits per heavy atom. The van der Waals surface area contributed by atoms with E-state index in [1.807, 2.05) is 13.8 Å². The summed E-state index contributed by atoms with van der Waals surface area (Å²) < 4.78 is 0. The Morgan fingerprint density at radius 3 is 1.55 bits per heavy atom. The Labute approximate surface area is 333 Å². The maximum atomic E-state index is 12.9. The molecule has 0 bridgehead atoms. The van der Waals surface area contributed by atoms with E-state index in [0.29, 0.717) is 5.56 Å². The molecule has 322 valence electrons. The molecule has 0 aliphatic carbocycles. The zero-order valence-electron chi connectivity index (χ0n) is 32.5. The number of benzene rings is 1. The molecule has 0 unspecified atom stereocenters. The normalized spacial score (nSPS) is 13.4. The highest BCUT2D eigenvalue weighted by molar-refractivity contribution is 5.96. The number of hydrogen-bond donors (Lipinski definition) is 13. The summed E-state index contributed by atoms with van der Waals surface area (Å²) in [4.78, 5) is 123. The molecule has 0 aliphatic rings. The third-order valence-corrected chi connectivity index (χ3v) is 7.91. The summed E-state index contributed by atoms with van der Waals surface area (Å²) in [6, 6.07) is -1.30. The van der Waals surface area contributed by atoms with Crippen LogP contribution in [0.5, 0.6) is 5.75 Å². The Bertz CT molecular complexity index is 1640. The summed E-state index contributed by atoms with van der Waals surface area (Å²) in [5, 5.41) is 55.5. The van der Waals surface area contributed by atoms with Gasteiger partial charge in [-0.25, -0.2) is 4.79 Å². The molecule has 1 rings (SSSR count). The van der Waals surface area contributed by atoms with Gasteiger partial charge in [-0.05, 0) is 36.0 Å². The highest BCUT2D eigenvalue weighted by Crippen LogP contribution is 2.12. The Morgan fingerprint density at radius 1 is 0.603 bits per heavy atom. The Hall–Kier alpha value is -6.36. The van der Waals surface area contributed by atoms with Gasteiger partial charge in [0.05, 0.1) is 45.2 Å². The molecular formula is C35H53N9O14. The van der Waals surface area contributed by atoms with Gasteiger partial charge in [0, 0.05) is 6.42 Å². The topological polar surface area (TPSA) is 374 Å². The maximum Gasteiger partial charge on any atom is 0.326 e. The molecule has 14 N–H and O–H groups in total. The van der Waals surface area contributed by atoms with Crippen molar-refractivity contribution in [2.75, 3.05) is 32.8 Å². The Kier molecular flexibility index (Phi) is 21.4. The van der Waals surface area contributed by atoms with Gasteiger partial charge in [0.15, 0.2) is 0 Å². The second kappa shape index (κ2) is 25.0. The monoisotopic (exact) mass is 823 g/mol. The predicted octanol–water partition coefficient (Wildman–Crippen LogP) is -5.08. The largest absolute Gasteiger partial charge is 0.508 e. The summed E-state index contributed by atoms with van der Waals surface area (Å²) in [5.74, 6) is -10.4. The molecule has 0 saturated carbocycles. The van der Waals surface area contributed by atoms with E-state index >= 15 is 0 Å². The molecule has 0 fully saturated rings. The van der Waals surface area contributed by atoms with Crippen molar-refractivity contribution in [2.45, 2.75) is 77.2 Å². The van der Waals surface area contributed by atoms with Crippen LogP contribution >= 0.6 is 0 Å². The van der Waals surface area contributed by atoms with Crippen LogP contribution in [0, 0.1) is 11.8 Å². The second-order valence-electron chi connectivity index (χ2n) is 13.7. The van der Waals surface area contributed by atoms with Crippen LogP contribution in [0.1, 0.15) is 46.1 Å². The zero-order chi connectivity index (χ0) is 44.1. The minimum absolute atomic E-state index is 0.0421. The molecule has 0 aromatic heterocycles. The molecule has 23 nitrogen and oxygen atoms in total. The minimum atomic E-state index is -1.58. The minimum Gasteiger partial charge on any atom is -0.508 e. The molecule has 0 radical (unpaired) electrons. The van der Waals surface area contributed by atoms with Crippen LogP contribution in [-0.2, 0) is 54.4 Å². The second-order valence-corrected chi connectivity index (χ2v) is 13.7. The van der Waals surface area contributed by atoms with Crippen molar-refractivity contribution in [2.24, 2.45) is 17.6 Å². The first-order chi connectivity index (χ1) is 27.1. The summed E-state index contributed by atoms with van der Waals surface area (Å²) in [6.45, 7) is 3.21. The lowest BCUT2D eigenvalue weighted by molar-refractivity contribution is -0.142. The molecule has 1 aromatic carbocycles. The fourth-order valence-electron chi connectivity index (χ4n) is 4.85. The van der Waals surface area contributed by atoms with Gasteiger partial charge in [0.1, 0.15) is 29.9 Å². The van der Waals surface area contributed by atoms with Crippen LogP contribution in [0.15, 0.2) is 24.3 Å². The van der Waals surface area contributed by atoms with Crippen molar-refractivity contribution in [3.63, 3.8) is 0 Å². The first-order valence-electron chi connectivity index (χ1n) is 18.0. The van der Waals surface area contributed by atoms with Gasteiger partial charge >= 0.3 is 11.9 Å². The van der Waals surface area contributed by atoms with E-state index in [-0.39, 0.29) is 24.5 Å². The van der Waals surface area contributed by atoms with Crippen molar-refractivity contribution in [1.29, 1.82) is 0 Å². The quantitative estimate of drug-likeness (QED) is 0.0439. The van der Waals surface area contributed by atoms with Crippen LogP contribution < -0.4 is 48.3 Å². The molecule has 0 saturated heterocycles. The molecule has 5 atom stereocenters. The lowest BCUT2D eigenvalue weighted by Crippen LogP contribution is -2.58. The fraction of sp³-hybridized carbons (Fsp3) is 0.543. The summed E-state index contributed by atoms with van der Waals surface area (Å²) in [6.07, 6.45) is -0.699. The van der Waals surface area contributed by atoms with Crippen molar-refractivity contribution in [3.05, 3.63) is 29.8 Å². The number of amides is 8. The molecule has 0 aliphatic heterocycles. The van der Waals surface area contributed by atoms with Gasteiger partial charge in [0.2, 0.25) is 47.3 Å². The van der Waals surface area contributed by atoms with Crippen LogP contribution in [0.4, 0.5) is 0 Å². The average molecular weight is 824 g/mol. The van der Waals surface area contributed by atoms with Crippen molar-refractivity contribution >= 4 is 59.2 Å².